The van der Waals surface area contributed by atoms with Gasteiger partial charge in [-0.3, -0.25) is 0 Å². The highest BCUT2D eigenvalue weighted by Crippen LogP contribution is 2.30. The Bertz CT molecular complexity index is 513. The van der Waals surface area contributed by atoms with Crippen molar-refractivity contribution >= 4 is 0 Å². The number of hydrogen-bond donors (Lipinski definition) is 0. The van der Waals surface area contributed by atoms with Gasteiger partial charge in [0.05, 0.1) is 64.1 Å². The molecule has 5 heteroatoms. The first-order valence-corrected chi connectivity index (χ1v) is 17.0. The fourth-order valence-electron chi connectivity index (χ4n) is 4.57. The van der Waals surface area contributed by atoms with Gasteiger partial charge in [-0.05, 0) is 105 Å². The molecule has 0 aliphatic carbocycles. The third-order valence-corrected chi connectivity index (χ3v) is 7.70. The van der Waals surface area contributed by atoms with Crippen molar-refractivity contribution in [3.05, 3.63) is 0 Å². The molecule has 0 amide bonds. The lowest BCUT2D eigenvalue weighted by molar-refractivity contribution is -0.128. The molecule has 0 aliphatic heterocycles. The predicted molar refractivity (Wildman–Crippen MR) is 178 cm³/mol. The van der Waals surface area contributed by atoms with Gasteiger partial charge in [-0.2, -0.15) is 0 Å². The maximum absolute atomic E-state index is 6.36. The largest absolute Gasteiger partial charge is 0.380 e. The summed E-state index contributed by atoms with van der Waals surface area (Å²) in [6.07, 6.45) is 5.43. The van der Waals surface area contributed by atoms with Gasteiger partial charge < -0.3 is 23.7 Å². The SMILES string of the molecule is CC(C)CC(CC(C)C)C(C)C.CCC(COCC(CC)(COC(C)C)COC(C)C)(COC(C)C)COC(C)C. The van der Waals surface area contributed by atoms with Crippen LogP contribution in [0.25, 0.3) is 0 Å². The van der Waals surface area contributed by atoms with Crippen LogP contribution in [0.2, 0.25) is 0 Å². The van der Waals surface area contributed by atoms with Gasteiger partial charge in [0.15, 0.2) is 0 Å². The lowest BCUT2D eigenvalue weighted by atomic mass is 9.82. The molecule has 0 aliphatic rings. The van der Waals surface area contributed by atoms with Crippen molar-refractivity contribution in [2.45, 2.75) is 161 Å². The van der Waals surface area contributed by atoms with Crippen molar-refractivity contribution < 1.29 is 23.7 Å². The van der Waals surface area contributed by atoms with E-state index in [1.54, 1.807) is 0 Å². The number of hydrogen-bond acceptors (Lipinski definition) is 5. The lowest BCUT2D eigenvalue weighted by Crippen LogP contribution is -2.42. The quantitative estimate of drug-likeness (QED) is 0.119. The molecule has 0 saturated heterocycles. The maximum Gasteiger partial charge on any atom is 0.0570 e. The van der Waals surface area contributed by atoms with Crippen molar-refractivity contribution in [2.75, 3.05) is 39.6 Å². The maximum atomic E-state index is 6.36. The molecule has 0 aromatic carbocycles. The lowest BCUT2D eigenvalue weighted by Gasteiger charge is -2.37. The van der Waals surface area contributed by atoms with E-state index in [-0.39, 0.29) is 35.2 Å². The Balaban J connectivity index is 0. The smallest absolute Gasteiger partial charge is 0.0570 e. The molecular weight excluding hydrogens is 512 g/mol. The fourth-order valence-corrected chi connectivity index (χ4v) is 4.57. The molecule has 0 N–H and O–H groups in total. The van der Waals surface area contributed by atoms with Gasteiger partial charge in [0.1, 0.15) is 0 Å². The molecule has 250 valence electrons. The zero-order valence-corrected chi connectivity index (χ0v) is 30.7. The summed E-state index contributed by atoms with van der Waals surface area (Å²) in [6, 6.07) is 0. The summed E-state index contributed by atoms with van der Waals surface area (Å²) < 4.78 is 30.3. The van der Waals surface area contributed by atoms with Crippen LogP contribution >= 0.6 is 0 Å². The van der Waals surface area contributed by atoms with E-state index in [1.165, 1.54) is 12.8 Å². The molecule has 0 aromatic heterocycles. The Morgan fingerprint density at radius 1 is 0.415 bits per heavy atom. The van der Waals surface area contributed by atoms with Crippen LogP contribution in [0.4, 0.5) is 0 Å². The van der Waals surface area contributed by atoms with Crippen molar-refractivity contribution in [1.29, 1.82) is 0 Å². The van der Waals surface area contributed by atoms with Gasteiger partial charge >= 0.3 is 0 Å². The van der Waals surface area contributed by atoms with E-state index in [0.29, 0.717) is 39.6 Å². The van der Waals surface area contributed by atoms with E-state index >= 15 is 0 Å². The summed E-state index contributed by atoms with van der Waals surface area (Å²) in [5, 5.41) is 0. The van der Waals surface area contributed by atoms with E-state index in [2.05, 4.69) is 111 Å². The van der Waals surface area contributed by atoms with Crippen molar-refractivity contribution in [3.63, 3.8) is 0 Å². The summed E-state index contributed by atoms with van der Waals surface area (Å²) in [4.78, 5) is 0. The van der Waals surface area contributed by atoms with Crippen LogP contribution in [-0.4, -0.2) is 64.1 Å². The monoisotopic (exact) mass is 589 g/mol. The van der Waals surface area contributed by atoms with E-state index in [0.717, 1.165) is 36.5 Å². The highest BCUT2D eigenvalue weighted by molar-refractivity contribution is 4.82. The molecule has 0 spiro atoms. The third-order valence-electron chi connectivity index (χ3n) is 7.70. The summed E-state index contributed by atoms with van der Waals surface area (Å²) in [5.41, 5.74) is -0.294. The third kappa shape index (κ3) is 22.9. The Morgan fingerprint density at radius 3 is 0.854 bits per heavy atom. The van der Waals surface area contributed by atoms with Crippen LogP contribution in [0.5, 0.6) is 0 Å². The normalized spacial score (nSPS) is 13.2. The van der Waals surface area contributed by atoms with E-state index in [1.807, 2.05) is 0 Å². The summed E-state index contributed by atoms with van der Waals surface area (Å²) in [7, 11) is 0. The Morgan fingerprint density at radius 2 is 0.683 bits per heavy atom. The summed E-state index contributed by atoms with van der Waals surface area (Å²) in [6.45, 7) is 38.7. The first-order chi connectivity index (χ1) is 18.9. The van der Waals surface area contributed by atoms with E-state index < -0.39 is 0 Å². The minimum absolute atomic E-state index is 0.147. The minimum Gasteiger partial charge on any atom is -0.380 e. The minimum atomic E-state index is -0.147. The summed E-state index contributed by atoms with van der Waals surface area (Å²) in [5.74, 6) is 3.51. The second-order valence-electron chi connectivity index (χ2n) is 14.9. The Kier molecular flexibility index (Phi) is 24.3. The van der Waals surface area contributed by atoms with Crippen LogP contribution in [0.15, 0.2) is 0 Å². The van der Waals surface area contributed by atoms with Gasteiger partial charge in [-0.1, -0.05) is 55.4 Å². The molecule has 0 unspecified atom stereocenters. The van der Waals surface area contributed by atoms with E-state index in [4.69, 9.17) is 23.7 Å². The van der Waals surface area contributed by atoms with E-state index in [9.17, 15) is 0 Å². The summed E-state index contributed by atoms with van der Waals surface area (Å²) >= 11 is 0. The van der Waals surface area contributed by atoms with Gasteiger partial charge in [-0.15, -0.1) is 0 Å². The topological polar surface area (TPSA) is 46.2 Å². The molecule has 0 heterocycles. The van der Waals surface area contributed by atoms with Crippen molar-refractivity contribution in [1.82, 2.24) is 0 Å². The highest BCUT2D eigenvalue weighted by atomic mass is 16.5. The van der Waals surface area contributed by atoms with Gasteiger partial charge in [0.2, 0.25) is 0 Å². The van der Waals surface area contributed by atoms with Crippen LogP contribution in [0.1, 0.15) is 136 Å². The highest BCUT2D eigenvalue weighted by Gasteiger charge is 2.35. The fraction of sp³-hybridized carbons (Fsp3) is 1.00. The molecule has 5 nitrogen and oxygen atoms in total. The predicted octanol–water partition coefficient (Wildman–Crippen LogP) is 9.85. The second-order valence-corrected chi connectivity index (χ2v) is 14.9. The molecule has 0 saturated carbocycles. The Labute approximate surface area is 258 Å². The zero-order chi connectivity index (χ0) is 32.2. The zero-order valence-electron chi connectivity index (χ0n) is 30.7. The number of ether oxygens (including phenoxy) is 5. The molecule has 0 fully saturated rings. The van der Waals surface area contributed by atoms with Crippen molar-refractivity contribution in [3.8, 4) is 0 Å². The molecular formula is C36H76O5. The molecule has 0 bridgehead atoms. The van der Waals surface area contributed by atoms with Crippen LogP contribution in [0, 0.1) is 34.5 Å². The average molecular weight is 589 g/mol. The average Bonchev–Trinajstić information content (AvgIpc) is 2.86. The molecule has 0 radical (unpaired) electrons. The molecule has 0 rings (SSSR count). The van der Waals surface area contributed by atoms with Gasteiger partial charge in [0, 0.05) is 10.8 Å². The second kappa shape index (κ2) is 23.2. The molecule has 0 atom stereocenters. The molecule has 0 aromatic rings. The van der Waals surface area contributed by atoms with Crippen LogP contribution in [-0.2, 0) is 23.7 Å². The molecule has 41 heavy (non-hydrogen) atoms. The van der Waals surface area contributed by atoms with Crippen LogP contribution < -0.4 is 0 Å². The Hall–Kier alpha value is -0.200. The first-order valence-electron chi connectivity index (χ1n) is 17.0. The number of rotatable bonds is 23. The first kappa shape index (κ1) is 42.9. The van der Waals surface area contributed by atoms with Gasteiger partial charge in [0.25, 0.3) is 0 Å². The standard InChI is InChI=1S/C24H50O5.C12H26/c1-11-23(15-26-19(3)4,16-27-20(5)6)13-25-14-24(12-2,17-28-21(7)8)18-29-22(9)10;1-9(2)7-12(11(5)6)8-10(3)4/h19-22H,11-18H2,1-10H3;9-12H,7-8H2,1-6H3. The van der Waals surface area contributed by atoms with Crippen molar-refractivity contribution in [2.24, 2.45) is 34.5 Å². The van der Waals surface area contributed by atoms with Gasteiger partial charge in [-0.25, -0.2) is 0 Å². The van der Waals surface area contributed by atoms with Crippen LogP contribution in [0.3, 0.4) is 0 Å².